The summed E-state index contributed by atoms with van der Waals surface area (Å²) in [4.78, 5) is 7.96. The van der Waals surface area contributed by atoms with Gasteiger partial charge in [-0.1, -0.05) is 104 Å². The van der Waals surface area contributed by atoms with Crippen molar-refractivity contribution in [3.8, 4) is 0 Å². The lowest BCUT2D eigenvalue weighted by Gasteiger charge is -2.04. The van der Waals surface area contributed by atoms with Crippen molar-refractivity contribution < 1.29 is 0 Å². The van der Waals surface area contributed by atoms with Gasteiger partial charge < -0.3 is 4.98 Å². The van der Waals surface area contributed by atoms with E-state index in [1.54, 1.807) is 0 Å². The van der Waals surface area contributed by atoms with Gasteiger partial charge in [-0.05, 0) is 25.7 Å². The molecule has 0 spiro atoms. The van der Waals surface area contributed by atoms with Crippen LogP contribution < -0.4 is 0 Å². The molecule has 0 aromatic carbocycles. The molecule has 2 nitrogen and oxygen atoms in total. The first-order valence-electron chi connectivity index (χ1n) is 11.4. The fourth-order valence-electron chi connectivity index (χ4n) is 3.64. The third-order valence-electron chi connectivity index (χ3n) is 5.35. The van der Waals surface area contributed by atoms with Gasteiger partial charge in [0.15, 0.2) is 0 Å². The van der Waals surface area contributed by atoms with Gasteiger partial charge in [-0.15, -0.1) is 0 Å². The quantitative estimate of drug-likeness (QED) is 0.270. The molecule has 0 atom stereocenters. The van der Waals surface area contributed by atoms with E-state index in [0.29, 0.717) is 0 Å². The number of imidazole rings is 1. The van der Waals surface area contributed by atoms with Crippen LogP contribution in [-0.4, -0.2) is 9.97 Å². The average Bonchev–Trinajstić information content (AvgIpc) is 3.07. The second-order valence-corrected chi connectivity index (χ2v) is 7.78. The summed E-state index contributed by atoms with van der Waals surface area (Å²) in [6, 6.07) is 0. The molecule has 0 saturated heterocycles. The average molecular weight is 349 g/mol. The molecule has 2 heteroatoms. The maximum Gasteiger partial charge on any atom is 0.0925 e. The summed E-state index contributed by atoms with van der Waals surface area (Å²) in [5.74, 6) is 0. The molecule has 1 heterocycles. The van der Waals surface area contributed by atoms with Gasteiger partial charge in [0.25, 0.3) is 0 Å². The zero-order chi connectivity index (χ0) is 18.0. The van der Waals surface area contributed by atoms with Gasteiger partial charge in [0.05, 0.1) is 12.0 Å². The van der Waals surface area contributed by atoms with Gasteiger partial charge in [0, 0.05) is 5.69 Å². The summed E-state index contributed by atoms with van der Waals surface area (Å²) in [6.07, 6.45) is 26.6. The molecule has 0 bridgehead atoms. The molecule has 0 saturated carbocycles. The number of aromatic amines is 1. The van der Waals surface area contributed by atoms with Crippen LogP contribution in [0, 0.1) is 0 Å². The minimum absolute atomic E-state index is 1.17. The van der Waals surface area contributed by atoms with E-state index in [1.165, 1.54) is 127 Å². The number of nitrogens with one attached hydrogen (secondary N) is 1. The summed E-state index contributed by atoms with van der Waals surface area (Å²) >= 11 is 0. The second-order valence-electron chi connectivity index (χ2n) is 7.78. The number of hydrogen-bond acceptors (Lipinski definition) is 1. The van der Waals surface area contributed by atoms with Crippen molar-refractivity contribution >= 4 is 0 Å². The van der Waals surface area contributed by atoms with E-state index in [2.05, 4.69) is 23.8 Å². The molecule has 1 rings (SSSR count). The van der Waals surface area contributed by atoms with Crippen LogP contribution in [0.1, 0.15) is 128 Å². The first kappa shape index (κ1) is 22.3. The smallest absolute Gasteiger partial charge is 0.0925 e. The molecule has 0 aliphatic carbocycles. The van der Waals surface area contributed by atoms with E-state index >= 15 is 0 Å². The topological polar surface area (TPSA) is 28.7 Å². The summed E-state index contributed by atoms with van der Waals surface area (Å²) in [5, 5.41) is 0. The molecule has 0 fully saturated rings. The highest BCUT2D eigenvalue weighted by Gasteiger charge is 2.05. The van der Waals surface area contributed by atoms with Crippen molar-refractivity contribution in [3.05, 3.63) is 17.7 Å². The third-order valence-corrected chi connectivity index (χ3v) is 5.35. The molecule has 146 valence electrons. The minimum atomic E-state index is 1.17. The Hall–Kier alpha value is -0.790. The van der Waals surface area contributed by atoms with Crippen LogP contribution >= 0.6 is 0 Å². The molecule has 0 aliphatic rings. The highest BCUT2D eigenvalue weighted by atomic mass is 14.9. The van der Waals surface area contributed by atoms with E-state index in [9.17, 15) is 0 Å². The van der Waals surface area contributed by atoms with Crippen LogP contribution in [0.2, 0.25) is 0 Å². The Morgan fingerprint density at radius 1 is 0.600 bits per heavy atom. The minimum Gasteiger partial charge on any atom is -0.348 e. The highest BCUT2D eigenvalue weighted by molar-refractivity contribution is 5.11. The van der Waals surface area contributed by atoms with Crippen LogP contribution in [0.3, 0.4) is 0 Å². The highest BCUT2D eigenvalue weighted by Crippen LogP contribution is 2.15. The number of hydrogen-bond donors (Lipinski definition) is 1. The van der Waals surface area contributed by atoms with Crippen molar-refractivity contribution in [2.75, 3.05) is 0 Å². The fourth-order valence-corrected chi connectivity index (χ4v) is 3.64. The summed E-state index contributed by atoms with van der Waals surface area (Å²) in [6.45, 7) is 4.57. The molecule has 1 N–H and O–H groups in total. The Labute approximate surface area is 157 Å². The molecule has 0 unspecified atom stereocenters. The molecular formula is C23H44N2. The predicted molar refractivity (Wildman–Crippen MR) is 111 cm³/mol. The van der Waals surface area contributed by atoms with E-state index in [1.807, 2.05) is 6.33 Å². The number of nitrogens with zero attached hydrogens (tertiary/aromatic N) is 1. The van der Waals surface area contributed by atoms with Crippen molar-refractivity contribution in [2.24, 2.45) is 0 Å². The predicted octanol–water partition coefficient (Wildman–Crippen LogP) is 7.78. The molecule has 0 radical (unpaired) electrons. The van der Waals surface area contributed by atoms with Gasteiger partial charge in [0.2, 0.25) is 0 Å². The normalized spacial score (nSPS) is 11.3. The van der Waals surface area contributed by atoms with Gasteiger partial charge in [-0.2, -0.15) is 0 Å². The molecule has 0 aliphatic heterocycles. The first-order chi connectivity index (χ1) is 12.4. The summed E-state index contributed by atoms with van der Waals surface area (Å²) in [5.41, 5.74) is 2.75. The lowest BCUT2D eigenvalue weighted by Crippen LogP contribution is -1.95. The zero-order valence-corrected chi connectivity index (χ0v) is 17.3. The third kappa shape index (κ3) is 12.2. The van der Waals surface area contributed by atoms with Crippen molar-refractivity contribution in [1.29, 1.82) is 0 Å². The van der Waals surface area contributed by atoms with Gasteiger partial charge >= 0.3 is 0 Å². The lowest BCUT2D eigenvalue weighted by molar-refractivity contribution is 0.568. The van der Waals surface area contributed by atoms with E-state index in [-0.39, 0.29) is 0 Å². The SMILES string of the molecule is CCCCCCCCCCc1nc[nH]c1CCCCCCCCCC. The van der Waals surface area contributed by atoms with Gasteiger partial charge in [-0.3, -0.25) is 0 Å². The Morgan fingerprint density at radius 2 is 1.04 bits per heavy atom. The number of unbranched alkanes of at least 4 members (excludes halogenated alkanes) is 14. The number of aromatic nitrogens is 2. The molecule has 1 aromatic rings. The number of aryl methyl sites for hydroxylation is 2. The second kappa shape index (κ2) is 16.7. The van der Waals surface area contributed by atoms with Crippen LogP contribution in [-0.2, 0) is 12.8 Å². The number of rotatable bonds is 18. The molecule has 1 aromatic heterocycles. The largest absolute Gasteiger partial charge is 0.348 e. The van der Waals surface area contributed by atoms with Crippen LogP contribution in [0.25, 0.3) is 0 Å². The summed E-state index contributed by atoms with van der Waals surface area (Å²) < 4.78 is 0. The Balaban J connectivity index is 2.00. The van der Waals surface area contributed by atoms with Gasteiger partial charge in [-0.25, -0.2) is 4.98 Å². The fraction of sp³-hybridized carbons (Fsp3) is 0.870. The maximum atomic E-state index is 4.57. The monoisotopic (exact) mass is 348 g/mol. The molecule has 25 heavy (non-hydrogen) atoms. The van der Waals surface area contributed by atoms with E-state index < -0.39 is 0 Å². The summed E-state index contributed by atoms with van der Waals surface area (Å²) in [7, 11) is 0. The van der Waals surface area contributed by atoms with Crippen molar-refractivity contribution in [3.63, 3.8) is 0 Å². The van der Waals surface area contributed by atoms with Crippen LogP contribution in [0.4, 0.5) is 0 Å². The Bertz CT molecular complexity index is 349. The van der Waals surface area contributed by atoms with Crippen LogP contribution in [0.5, 0.6) is 0 Å². The molecular weight excluding hydrogens is 304 g/mol. The Morgan fingerprint density at radius 3 is 1.56 bits per heavy atom. The van der Waals surface area contributed by atoms with Crippen molar-refractivity contribution in [2.45, 2.75) is 129 Å². The standard InChI is InChI=1S/C23H44N2/c1-3-5-7-9-11-13-15-17-19-22-23(25-21-24-22)20-18-16-14-12-10-8-6-4-2/h21H,3-20H2,1-2H3,(H,24,25). The first-order valence-corrected chi connectivity index (χ1v) is 11.4. The lowest BCUT2D eigenvalue weighted by atomic mass is 10.0. The van der Waals surface area contributed by atoms with Gasteiger partial charge in [0.1, 0.15) is 0 Å². The molecule has 0 amide bonds. The van der Waals surface area contributed by atoms with Crippen molar-refractivity contribution in [1.82, 2.24) is 9.97 Å². The van der Waals surface area contributed by atoms with E-state index in [0.717, 1.165) is 0 Å². The van der Waals surface area contributed by atoms with Crippen LogP contribution in [0.15, 0.2) is 6.33 Å². The number of H-pyrrole nitrogens is 1. The Kier molecular flexibility index (Phi) is 14.8. The van der Waals surface area contributed by atoms with E-state index in [4.69, 9.17) is 0 Å². The zero-order valence-electron chi connectivity index (χ0n) is 17.3. The maximum absolute atomic E-state index is 4.57.